The van der Waals surface area contributed by atoms with Gasteiger partial charge in [-0.15, -0.1) is 0 Å². The van der Waals surface area contributed by atoms with Gasteiger partial charge < -0.3 is 10.6 Å². The number of hydrogen-bond acceptors (Lipinski definition) is 2. The summed E-state index contributed by atoms with van der Waals surface area (Å²) in [5.41, 5.74) is 3.85. The van der Waals surface area contributed by atoms with Crippen LogP contribution in [0.25, 0.3) is 0 Å². The Bertz CT molecular complexity index is 624. The number of anilines is 2. The van der Waals surface area contributed by atoms with E-state index in [0.29, 0.717) is 17.1 Å². The predicted octanol–water partition coefficient (Wildman–Crippen LogP) is 3.62. The van der Waals surface area contributed by atoms with Crippen molar-refractivity contribution in [3.05, 3.63) is 58.6 Å². The molecule has 0 saturated heterocycles. The molecule has 20 heavy (non-hydrogen) atoms. The Morgan fingerprint density at radius 3 is 2.80 bits per heavy atom. The molecular weight excluding hydrogens is 272 g/mol. The van der Waals surface area contributed by atoms with Crippen LogP contribution in [0, 0.1) is 6.92 Å². The summed E-state index contributed by atoms with van der Waals surface area (Å²) in [6.07, 6.45) is 0.700. The van der Waals surface area contributed by atoms with E-state index in [4.69, 9.17) is 11.6 Å². The van der Waals surface area contributed by atoms with E-state index in [2.05, 4.69) is 10.6 Å². The highest BCUT2D eigenvalue weighted by Crippen LogP contribution is 2.28. The Hall–Kier alpha value is -2.00. The minimum Gasteiger partial charge on any atom is -0.373 e. The highest BCUT2D eigenvalue weighted by atomic mass is 35.5. The molecule has 4 heteroatoms. The number of aryl methyl sites for hydroxylation is 1. The third-order valence-corrected chi connectivity index (χ3v) is 3.87. The Morgan fingerprint density at radius 2 is 2.05 bits per heavy atom. The van der Waals surface area contributed by atoms with Gasteiger partial charge in [-0.1, -0.05) is 41.9 Å². The number of carbonyl (C=O) groups excluding carboxylic acids is 1. The van der Waals surface area contributed by atoms with Crippen LogP contribution in [0.3, 0.4) is 0 Å². The first-order valence-electron chi connectivity index (χ1n) is 6.55. The van der Waals surface area contributed by atoms with E-state index in [1.807, 2.05) is 43.3 Å². The van der Waals surface area contributed by atoms with Crippen molar-refractivity contribution in [2.24, 2.45) is 0 Å². The molecule has 1 aliphatic rings. The quantitative estimate of drug-likeness (QED) is 0.885. The van der Waals surface area contributed by atoms with Crippen molar-refractivity contribution in [1.82, 2.24) is 0 Å². The van der Waals surface area contributed by atoms with Crippen LogP contribution < -0.4 is 10.6 Å². The Kier molecular flexibility index (Phi) is 3.36. The zero-order chi connectivity index (χ0) is 14.1. The van der Waals surface area contributed by atoms with Crippen LogP contribution in [0.2, 0.25) is 5.02 Å². The van der Waals surface area contributed by atoms with Crippen LogP contribution in [0.15, 0.2) is 42.5 Å². The van der Waals surface area contributed by atoms with Gasteiger partial charge in [0.15, 0.2) is 0 Å². The van der Waals surface area contributed by atoms with Crippen LogP contribution >= 0.6 is 11.6 Å². The zero-order valence-corrected chi connectivity index (χ0v) is 11.9. The number of fused-ring (bicyclic) bond motifs is 1. The lowest BCUT2D eigenvalue weighted by molar-refractivity contribution is -0.116. The molecular formula is C16H15ClN2O. The minimum absolute atomic E-state index is 0.0580. The maximum Gasteiger partial charge on any atom is 0.247 e. The molecule has 1 aliphatic heterocycles. The Balaban J connectivity index is 1.76. The molecule has 2 aromatic rings. The maximum atomic E-state index is 12.4. The monoisotopic (exact) mass is 286 g/mol. The van der Waals surface area contributed by atoms with Gasteiger partial charge in [0, 0.05) is 12.1 Å². The molecule has 1 heterocycles. The fourth-order valence-electron chi connectivity index (χ4n) is 2.46. The number of amides is 1. The lowest BCUT2D eigenvalue weighted by Crippen LogP contribution is -2.33. The van der Waals surface area contributed by atoms with Crippen molar-refractivity contribution >= 4 is 28.9 Å². The van der Waals surface area contributed by atoms with Crippen LogP contribution in [-0.4, -0.2) is 11.9 Å². The minimum atomic E-state index is -0.247. The van der Waals surface area contributed by atoms with E-state index in [1.165, 1.54) is 5.56 Å². The number of rotatable bonds is 2. The van der Waals surface area contributed by atoms with Gasteiger partial charge in [0.2, 0.25) is 5.91 Å². The highest BCUT2D eigenvalue weighted by molar-refractivity contribution is 6.34. The molecule has 1 unspecified atom stereocenters. The van der Waals surface area contributed by atoms with Gasteiger partial charge in [-0.3, -0.25) is 4.79 Å². The summed E-state index contributed by atoms with van der Waals surface area (Å²) in [6, 6.07) is 13.3. The van der Waals surface area contributed by atoms with Gasteiger partial charge in [0.05, 0.1) is 10.7 Å². The fraction of sp³-hybridized carbons (Fsp3) is 0.188. The molecule has 0 bridgehead atoms. The van der Waals surface area contributed by atoms with Gasteiger partial charge in [-0.2, -0.15) is 0 Å². The molecule has 0 saturated carbocycles. The number of benzene rings is 2. The normalized spacial score (nSPS) is 16.4. The fourth-order valence-corrected chi connectivity index (χ4v) is 2.73. The molecule has 0 fully saturated rings. The summed E-state index contributed by atoms with van der Waals surface area (Å²) < 4.78 is 0. The average molecular weight is 287 g/mol. The van der Waals surface area contributed by atoms with Gasteiger partial charge in [-0.25, -0.2) is 0 Å². The molecule has 2 N–H and O–H groups in total. The second-order valence-corrected chi connectivity index (χ2v) is 5.39. The summed E-state index contributed by atoms with van der Waals surface area (Å²) in [5, 5.41) is 6.72. The van der Waals surface area contributed by atoms with Crippen LogP contribution in [0.1, 0.15) is 11.1 Å². The van der Waals surface area contributed by atoms with Crippen molar-refractivity contribution in [3.63, 3.8) is 0 Å². The summed E-state index contributed by atoms with van der Waals surface area (Å²) in [5.74, 6) is -0.0580. The molecule has 1 atom stereocenters. The van der Waals surface area contributed by atoms with Crippen molar-refractivity contribution in [2.75, 3.05) is 10.6 Å². The smallest absolute Gasteiger partial charge is 0.247 e. The van der Waals surface area contributed by atoms with Crippen LogP contribution in [0.5, 0.6) is 0 Å². The van der Waals surface area contributed by atoms with E-state index >= 15 is 0 Å². The second kappa shape index (κ2) is 5.17. The number of nitrogens with one attached hydrogen (secondary N) is 2. The Labute approximate surface area is 123 Å². The van der Waals surface area contributed by atoms with E-state index < -0.39 is 0 Å². The molecule has 0 radical (unpaired) electrons. The largest absolute Gasteiger partial charge is 0.373 e. The van der Waals surface area contributed by atoms with Gasteiger partial charge in [0.1, 0.15) is 6.04 Å². The van der Waals surface area contributed by atoms with E-state index in [1.54, 1.807) is 6.07 Å². The second-order valence-electron chi connectivity index (χ2n) is 4.98. The summed E-state index contributed by atoms with van der Waals surface area (Å²) in [4.78, 5) is 12.4. The topological polar surface area (TPSA) is 41.1 Å². The lowest BCUT2D eigenvalue weighted by atomic mass is 10.1. The predicted molar refractivity (Wildman–Crippen MR) is 82.4 cm³/mol. The summed E-state index contributed by atoms with van der Waals surface area (Å²) >= 11 is 6.13. The van der Waals surface area contributed by atoms with Gasteiger partial charge in [0.25, 0.3) is 0 Å². The molecule has 102 valence electrons. The zero-order valence-electron chi connectivity index (χ0n) is 11.1. The SMILES string of the molecule is Cc1cccc(Cl)c1NC(=O)C1Cc2ccccc2N1. The molecule has 2 aromatic carbocycles. The first-order chi connectivity index (χ1) is 9.65. The number of para-hydroxylation sites is 2. The first kappa shape index (κ1) is 13.0. The van der Waals surface area contributed by atoms with Crippen LogP contribution in [0.4, 0.5) is 11.4 Å². The average Bonchev–Trinajstić information content (AvgIpc) is 2.87. The lowest BCUT2D eigenvalue weighted by Gasteiger charge is -2.14. The number of carbonyl (C=O) groups is 1. The molecule has 3 nitrogen and oxygen atoms in total. The molecule has 0 aliphatic carbocycles. The van der Waals surface area contributed by atoms with E-state index in [9.17, 15) is 4.79 Å². The van der Waals surface area contributed by atoms with Crippen molar-refractivity contribution in [3.8, 4) is 0 Å². The maximum absolute atomic E-state index is 12.4. The third-order valence-electron chi connectivity index (χ3n) is 3.56. The van der Waals surface area contributed by atoms with Gasteiger partial charge >= 0.3 is 0 Å². The summed E-state index contributed by atoms with van der Waals surface area (Å²) in [7, 11) is 0. The highest BCUT2D eigenvalue weighted by Gasteiger charge is 2.26. The number of halogens is 1. The van der Waals surface area contributed by atoms with E-state index in [-0.39, 0.29) is 11.9 Å². The first-order valence-corrected chi connectivity index (χ1v) is 6.93. The molecule has 3 rings (SSSR count). The van der Waals surface area contributed by atoms with E-state index in [0.717, 1.165) is 11.3 Å². The molecule has 0 aromatic heterocycles. The van der Waals surface area contributed by atoms with Crippen molar-refractivity contribution in [1.29, 1.82) is 0 Å². The standard InChI is InChI=1S/C16H15ClN2O/c1-10-5-4-7-12(17)15(10)19-16(20)14-9-11-6-2-3-8-13(11)18-14/h2-8,14,18H,9H2,1H3,(H,19,20). The van der Waals surface area contributed by atoms with Gasteiger partial charge in [-0.05, 0) is 30.2 Å². The number of hydrogen-bond donors (Lipinski definition) is 2. The van der Waals surface area contributed by atoms with Crippen LogP contribution in [-0.2, 0) is 11.2 Å². The molecule has 1 amide bonds. The molecule has 0 spiro atoms. The third kappa shape index (κ3) is 2.37. The summed E-state index contributed by atoms with van der Waals surface area (Å²) in [6.45, 7) is 1.93. The van der Waals surface area contributed by atoms with Crippen molar-refractivity contribution < 1.29 is 4.79 Å². The van der Waals surface area contributed by atoms with Crippen molar-refractivity contribution in [2.45, 2.75) is 19.4 Å². The Morgan fingerprint density at radius 1 is 1.25 bits per heavy atom.